The molecule has 2 aromatic carbocycles. The fourth-order valence-corrected chi connectivity index (χ4v) is 3.11. The number of hydrogen-bond donors (Lipinski definition) is 1. The molecular weight excluding hydrogens is 344 g/mol. The summed E-state index contributed by atoms with van der Waals surface area (Å²) >= 11 is 0. The monoisotopic (exact) mass is 366 g/mol. The van der Waals surface area contributed by atoms with Crippen LogP contribution in [-0.2, 0) is 6.42 Å². The van der Waals surface area contributed by atoms with Crippen LogP contribution >= 0.6 is 0 Å². The molecule has 2 amide bonds. The zero-order valence-electron chi connectivity index (χ0n) is 15.4. The van der Waals surface area contributed by atoms with Gasteiger partial charge in [0.1, 0.15) is 11.3 Å². The summed E-state index contributed by atoms with van der Waals surface area (Å²) in [5.74, 6) is 2.29. The number of furan rings is 1. The fourth-order valence-electron chi connectivity index (χ4n) is 3.11. The summed E-state index contributed by atoms with van der Waals surface area (Å²) in [4.78, 5) is 14.1. The molecule has 3 aromatic rings. The average molecular weight is 366 g/mol. The van der Waals surface area contributed by atoms with E-state index in [2.05, 4.69) is 5.32 Å². The van der Waals surface area contributed by atoms with E-state index in [0.717, 1.165) is 40.2 Å². The minimum absolute atomic E-state index is 0.135. The minimum atomic E-state index is -0.164. The van der Waals surface area contributed by atoms with E-state index in [1.807, 2.05) is 55.5 Å². The number of carbonyl (C=O) groups excluding carboxylic acids is 1. The third-order valence-electron chi connectivity index (χ3n) is 4.88. The van der Waals surface area contributed by atoms with Gasteiger partial charge in [0.25, 0.3) is 0 Å². The molecule has 0 fully saturated rings. The highest BCUT2D eigenvalue weighted by molar-refractivity contribution is 5.78. The smallest absolute Gasteiger partial charge is 0.317 e. The van der Waals surface area contributed by atoms with E-state index in [4.69, 9.17) is 13.9 Å². The summed E-state index contributed by atoms with van der Waals surface area (Å²) in [6.07, 6.45) is 0.717. The highest BCUT2D eigenvalue weighted by Crippen LogP contribution is 2.32. The van der Waals surface area contributed by atoms with Gasteiger partial charge in [-0.1, -0.05) is 24.3 Å². The molecule has 27 heavy (non-hydrogen) atoms. The van der Waals surface area contributed by atoms with Crippen molar-refractivity contribution in [3.63, 3.8) is 0 Å². The van der Waals surface area contributed by atoms with E-state index in [9.17, 15) is 4.79 Å². The van der Waals surface area contributed by atoms with Crippen molar-refractivity contribution >= 4 is 17.0 Å². The lowest BCUT2D eigenvalue weighted by molar-refractivity contribution is 0.174. The molecule has 1 atom stereocenters. The normalized spacial score (nSPS) is 13.6. The number of nitrogens with zero attached hydrogens (tertiary/aromatic N) is 1. The molecule has 1 aliphatic heterocycles. The number of amides is 2. The van der Waals surface area contributed by atoms with Crippen LogP contribution in [0.15, 0.2) is 52.9 Å². The lowest BCUT2D eigenvalue weighted by atomic mass is 10.1. The SMILES string of the molecule is CC(c1cc2ccccc2o1)N(C)C(=O)NCCc1ccc2c(c1)OCO2. The quantitative estimate of drug-likeness (QED) is 0.738. The van der Waals surface area contributed by atoms with Crippen LogP contribution < -0.4 is 14.8 Å². The highest BCUT2D eigenvalue weighted by Gasteiger charge is 2.20. The van der Waals surface area contributed by atoms with Crippen LogP contribution in [0.2, 0.25) is 0 Å². The van der Waals surface area contributed by atoms with E-state index in [1.54, 1.807) is 11.9 Å². The Morgan fingerprint density at radius 1 is 1.15 bits per heavy atom. The van der Waals surface area contributed by atoms with Gasteiger partial charge in [-0.2, -0.15) is 0 Å². The minimum Gasteiger partial charge on any atom is -0.459 e. The highest BCUT2D eigenvalue weighted by atomic mass is 16.7. The molecule has 140 valence electrons. The molecule has 1 unspecified atom stereocenters. The molecule has 6 nitrogen and oxygen atoms in total. The van der Waals surface area contributed by atoms with Gasteiger partial charge < -0.3 is 24.1 Å². The summed E-state index contributed by atoms with van der Waals surface area (Å²) in [7, 11) is 1.77. The van der Waals surface area contributed by atoms with E-state index in [1.165, 1.54) is 0 Å². The molecule has 1 aromatic heterocycles. The van der Waals surface area contributed by atoms with Gasteiger partial charge in [0.05, 0.1) is 6.04 Å². The predicted molar refractivity (Wildman–Crippen MR) is 102 cm³/mol. The molecule has 2 heterocycles. The number of urea groups is 1. The molecule has 0 radical (unpaired) electrons. The van der Waals surface area contributed by atoms with Crippen molar-refractivity contribution in [2.75, 3.05) is 20.4 Å². The first kappa shape index (κ1) is 17.3. The van der Waals surface area contributed by atoms with Crippen LogP contribution in [0, 0.1) is 0 Å². The fraction of sp³-hybridized carbons (Fsp3) is 0.286. The topological polar surface area (TPSA) is 63.9 Å². The molecule has 1 aliphatic rings. The van der Waals surface area contributed by atoms with Gasteiger partial charge >= 0.3 is 6.03 Å². The van der Waals surface area contributed by atoms with Crippen LogP contribution in [0.3, 0.4) is 0 Å². The van der Waals surface area contributed by atoms with Crippen LogP contribution in [-0.4, -0.2) is 31.3 Å². The number of nitrogens with one attached hydrogen (secondary N) is 1. The maximum Gasteiger partial charge on any atom is 0.317 e. The third kappa shape index (κ3) is 3.56. The van der Waals surface area contributed by atoms with Gasteiger partial charge in [0.2, 0.25) is 6.79 Å². The Morgan fingerprint density at radius 2 is 1.96 bits per heavy atom. The van der Waals surface area contributed by atoms with Gasteiger partial charge in [-0.3, -0.25) is 0 Å². The molecule has 6 heteroatoms. The standard InChI is InChI=1S/C21H22N2O4/c1-14(19-12-16-5-3-4-6-17(16)27-19)23(2)21(24)22-10-9-15-7-8-18-20(11-15)26-13-25-18/h3-8,11-12,14H,9-10,13H2,1-2H3,(H,22,24). The van der Waals surface area contributed by atoms with Crippen molar-refractivity contribution in [2.24, 2.45) is 0 Å². The Kier molecular flexibility index (Phi) is 4.62. The molecular formula is C21H22N2O4. The lowest BCUT2D eigenvalue weighted by Gasteiger charge is -2.23. The zero-order chi connectivity index (χ0) is 18.8. The van der Waals surface area contributed by atoms with E-state index in [-0.39, 0.29) is 18.9 Å². The van der Waals surface area contributed by atoms with Crippen molar-refractivity contribution in [1.82, 2.24) is 10.2 Å². The molecule has 0 bridgehead atoms. The first-order valence-corrected chi connectivity index (χ1v) is 8.99. The molecule has 1 N–H and O–H groups in total. The Bertz CT molecular complexity index is 933. The summed E-state index contributed by atoms with van der Waals surface area (Å²) in [5, 5.41) is 3.99. The van der Waals surface area contributed by atoms with E-state index >= 15 is 0 Å². The summed E-state index contributed by atoms with van der Waals surface area (Å²) in [6.45, 7) is 2.75. The van der Waals surface area contributed by atoms with E-state index in [0.29, 0.717) is 6.54 Å². The van der Waals surface area contributed by atoms with Gasteiger partial charge in [-0.05, 0) is 43.2 Å². The summed E-state index contributed by atoms with van der Waals surface area (Å²) < 4.78 is 16.6. The summed E-state index contributed by atoms with van der Waals surface area (Å²) in [5.41, 5.74) is 1.92. The maximum absolute atomic E-state index is 12.5. The van der Waals surface area contributed by atoms with E-state index < -0.39 is 0 Å². The largest absolute Gasteiger partial charge is 0.459 e. The van der Waals surface area contributed by atoms with Crippen molar-refractivity contribution in [1.29, 1.82) is 0 Å². The Hall–Kier alpha value is -3.15. The average Bonchev–Trinajstić information content (AvgIpc) is 3.32. The molecule has 0 aliphatic carbocycles. The van der Waals surface area contributed by atoms with Gasteiger partial charge in [-0.25, -0.2) is 4.79 Å². The number of hydrogen-bond acceptors (Lipinski definition) is 4. The second-order valence-corrected chi connectivity index (χ2v) is 6.64. The number of ether oxygens (including phenoxy) is 2. The van der Waals surface area contributed by atoms with Gasteiger partial charge in [0.15, 0.2) is 11.5 Å². The molecule has 0 saturated heterocycles. The number of rotatable bonds is 5. The summed E-state index contributed by atoms with van der Waals surface area (Å²) in [6, 6.07) is 15.4. The molecule has 0 saturated carbocycles. The van der Waals surface area contributed by atoms with Crippen molar-refractivity contribution < 1.29 is 18.7 Å². The van der Waals surface area contributed by atoms with Gasteiger partial charge in [0, 0.05) is 19.0 Å². The third-order valence-corrected chi connectivity index (χ3v) is 4.88. The van der Waals surface area contributed by atoms with Crippen LogP contribution in [0.1, 0.15) is 24.3 Å². The number of benzene rings is 2. The van der Waals surface area contributed by atoms with Crippen LogP contribution in [0.25, 0.3) is 11.0 Å². The number of carbonyl (C=O) groups is 1. The predicted octanol–water partition coefficient (Wildman–Crippen LogP) is 4.11. The zero-order valence-corrected chi connectivity index (χ0v) is 15.4. The van der Waals surface area contributed by atoms with Crippen LogP contribution in [0.4, 0.5) is 4.79 Å². The lowest BCUT2D eigenvalue weighted by Crippen LogP contribution is -2.39. The van der Waals surface area contributed by atoms with Crippen molar-refractivity contribution in [3.05, 3.63) is 59.9 Å². The van der Waals surface area contributed by atoms with Crippen molar-refractivity contribution in [2.45, 2.75) is 19.4 Å². The Labute approximate surface area is 157 Å². The number of para-hydroxylation sites is 1. The first-order chi connectivity index (χ1) is 13.1. The van der Waals surface area contributed by atoms with Gasteiger partial charge in [-0.15, -0.1) is 0 Å². The first-order valence-electron chi connectivity index (χ1n) is 8.99. The second kappa shape index (κ2) is 7.23. The van der Waals surface area contributed by atoms with Crippen LogP contribution in [0.5, 0.6) is 11.5 Å². The number of fused-ring (bicyclic) bond motifs is 2. The van der Waals surface area contributed by atoms with Crippen molar-refractivity contribution in [3.8, 4) is 11.5 Å². The molecule has 4 rings (SSSR count). The molecule has 0 spiro atoms. The Balaban J connectivity index is 1.33. The second-order valence-electron chi connectivity index (χ2n) is 6.64. The maximum atomic E-state index is 12.5. The Morgan fingerprint density at radius 3 is 2.81 bits per heavy atom.